The maximum absolute atomic E-state index is 14.7. The molecule has 5 rings (SSSR count). The van der Waals surface area contributed by atoms with E-state index < -0.39 is 81.2 Å². The van der Waals surface area contributed by atoms with Gasteiger partial charge in [0.05, 0.1) is 0 Å². The Bertz CT molecular complexity index is 1520. The molecule has 1 aliphatic carbocycles. The summed E-state index contributed by atoms with van der Waals surface area (Å²) in [6.07, 6.45) is -0.295. The van der Waals surface area contributed by atoms with E-state index in [0.29, 0.717) is 0 Å². The van der Waals surface area contributed by atoms with Crippen molar-refractivity contribution >= 4 is 23.4 Å². The van der Waals surface area contributed by atoms with Gasteiger partial charge < -0.3 is 9.68 Å². The van der Waals surface area contributed by atoms with Crippen LogP contribution in [-0.4, -0.2) is 12.1 Å². The van der Waals surface area contributed by atoms with Crippen molar-refractivity contribution in [2.24, 2.45) is 0 Å². The second-order valence-electron chi connectivity index (χ2n) is 7.57. The van der Waals surface area contributed by atoms with Crippen molar-refractivity contribution < 1.29 is 44.8 Å². The van der Waals surface area contributed by atoms with E-state index in [1.807, 2.05) is 0 Å². The SMILES string of the molecule is OB(Oc1c(F)c(F)c(F)c2c1Cc1cccc(F)c1-2)c1cccc2c(F)c(F)c(F)c(F)c12. The largest absolute Gasteiger partial charge is 0.560 e. The number of halogens is 8. The predicted octanol–water partition coefficient (Wildman–Crippen LogP) is 5.29. The minimum absolute atomic E-state index is 0.189. The third kappa shape index (κ3) is 2.99. The molecule has 172 valence electrons. The van der Waals surface area contributed by atoms with E-state index >= 15 is 0 Å². The molecule has 4 aromatic rings. The van der Waals surface area contributed by atoms with Gasteiger partial charge in [0.25, 0.3) is 0 Å². The van der Waals surface area contributed by atoms with Crippen LogP contribution in [0.4, 0.5) is 35.1 Å². The Morgan fingerprint density at radius 3 is 2.06 bits per heavy atom. The first kappa shape index (κ1) is 22.2. The highest BCUT2D eigenvalue weighted by Gasteiger charge is 2.36. The molecular weight excluding hydrogens is 471 g/mol. The van der Waals surface area contributed by atoms with Crippen LogP contribution in [0.5, 0.6) is 5.75 Å². The van der Waals surface area contributed by atoms with Crippen molar-refractivity contribution in [1.29, 1.82) is 0 Å². The Morgan fingerprint density at radius 2 is 1.32 bits per heavy atom. The van der Waals surface area contributed by atoms with E-state index in [0.717, 1.165) is 24.3 Å². The molecule has 0 radical (unpaired) electrons. The minimum atomic E-state index is -2.36. The number of rotatable bonds is 3. The van der Waals surface area contributed by atoms with Crippen molar-refractivity contribution in [3.8, 4) is 16.9 Å². The van der Waals surface area contributed by atoms with Crippen molar-refractivity contribution in [3.63, 3.8) is 0 Å². The summed E-state index contributed by atoms with van der Waals surface area (Å²) in [5.41, 5.74) is -1.72. The summed E-state index contributed by atoms with van der Waals surface area (Å²) in [6.45, 7) is 0. The van der Waals surface area contributed by atoms with Crippen molar-refractivity contribution in [1.82, 2.24) is 0 Å². The molecular formula is C23H9BF8O2. The summed E-state index contributed by atoms with van der Waals surface area (Å²) in [6, 6.07) is 6.61. The van der Waals surface area contributed by atoms with E-state index in [2.05, 4.69) is 0 Å². The van der Waals surface area contributed by atoms with Crippen LogP contribution in [0.1, 0.15) is 11.1 Å². The van der Waals surface area contributed by atoms with Crippen LogP contribution in [0.25, 0.3) is 21.9 Å². The molecule has 2 nitrogen and oxygen atoms in total. The van der Waals surface area contributed by atoms with Gasteiger partial charge in [-0.2, -0.15) is 4.39 Å². The predicted molar refractivity (Wildman–Crippen MR) is 107 cm³/mol. The standard InChI is InChI=1S/C23H9BF8O2/c25-12-6-1-3-8-7-10-15(13(8)12)18(28)21(31)22(32)23(10)34-24(33)11-5-2-4-9-14(11)17(27)20(30)19(29)16(9)26/h1-6,33H,7H2. The van der Waals surface area contributed by atoms with Crippen LogP contribution in [0.2, 0.25) is 0 Å². The van der Waals surface area contributed by atoms with E-state index in [4.69, 9.17) is 4.65 Å². The zero-order valence-corrected chi connectivity index (χ0v) is 16.6. The maximum atomic E-state index is 14.7. The summed E-state index contributed by atoms with van der Waals surface area (Å²) in [7, 11) is -2.36. The zero-order chi connectivity index (χ0) is 24.5. The van der Waals surface area contributed by atoms with Crippen LogP contribution in [-0.2, 0) is 6.42 Å². The second kappa shape index (κ2) is 7.73. The van der Waals surface area contributed by atoms with Crippen LogP contribution in [0.15, 0.2) is 36.4 Å². The molecule has 0 bridgehead atoms. The highest BCUT2D eigenvalue weighted by atomic mass is 19.2. The number of hydrogen-bond acceptors (Lipinski definition) is 2. The summed E-state index contributed by atoms with van der Waals surface area (Å²) in [4.78, 5) is 0. The van der Waals surface area contributed by atoms with E-state index in [-0.39, 0.29) is 23.1 Å². The first-order chi connectivity index (χ1) is 16.1. The van der Waals surface area contributed by atoms with Gasteiger partial charge in [-0.05, 0) is 11.6 Å². The lowest BCUT2D eigenvalue weighted by molar-refractivity contribution is 0.384. The number of hydrogen-bond donors (Lipinski definition) is 1. The van der Waals surface area contributed by atoms with Gasteiger partial charge in [0, 0.05) is 39.3 Å². The summed E-state index contributed by atoms with van der Waals surface area (Å²) >= 11 is 0. The van der Waals surface area contributed by atoms with Gasteiger partial charge in [-0.3, -0.25) is 0 Å². The molecule has 0 unspecified atom stereocenters. The van der Waals surface area contributed by atoms with Crippen LogP contribution in [0.3, 0.4) is 0 Å². The lowest BCUT2D eigenvalue weighted by Crippen LogP contribution is -2.38. The summed E-state index contributed by atoms with van der Waals surface area (Å²) in [5.74, 6) is -15.3. The van der Waals surface area contributed by atoms with Gasteiger partial charge in [0.2, 0.25) is 5.82 Å². The monoisotopic (exact) mass is 480 g/mol. The van der Waals surface area contributed by atoms with Crippen molar-refractivity contribution in [3.05, 3.63) is 94.1 Å². The fraction of sp³-hybridized carbons (Fsp3) is 0.0435. The Morgan fingerprint density at radius 1 is 0.676 bits per heavy atom. The topological polar surface area (TPSA) is 29.5 Å². The van der Waals surface area contributed by atoms with Crippen LogP contribution in [0, 0.1) is 46.5 Å². The normalized spacial score (nSPS) is 12.1. The molecule has 0 amide bonds. The van der Waals surface area contributed by atoms with Gasteiger partial charge in [0.1, 0.15) is 11.6 Å². The molecule has 0 aliphatic heterocycles. The van der Waals surface area contributed by atoms with Crippen molar-refractivity contribution in [2.45, 2.75) is 6.42 Å². The first-order valence-electron chi connectivity index (χ1n) is 9.69. The highest BCUT2D eigenvalue weighted by molar-refractivity contribution is 6.64. The molecule has 0 saturated carbocycles. The van der Waals surface area contributed by atoms with Gasteiger partial charge in [-0.25, -0.2) is 30.7 Å². The average molecular weight is 480 g/mol. The highest BCUT2D eigenvalue weighted by Crippen LogP contribution is 2.46. The van der Waals surface area contributed by atoms with E-state index in [1.165, 1.54) is 12.1 Å². The third-order valence-corrected chi connectivity index (χ3v) is 5.72. The number of fused-ring (bicyclic) bond motifs is 4. The molecule has 0 heterocycles. The first-order valence-corrected chi connectivity index (χ1v) is 9.69. The van der Waals surface area contributed by atoms with Gasteiger partial charge >= 0.3 is 7.12 Å². The maximum Gasteiger partial charge on any atom is 0.560 e. The molecule has 4 aromatic carbocycles. The molecule has 0 atom stereocenters. The summed E-state index contributed by atoms with van der Waals surface area (Å²) in [5, 5.41) is 8.90. The third-order valence-electron chi connectivity index (χ3n) is 5.72. The molecule has 0 spiro atoms. The second-order valence-corrected chi connectivity index (χ2v) is 7.57. The lowest BCUT2D eigenvalue weighted by Gasteiger charge is -2.17. The Balaban J connectivity index is 1.68. The molecule has 1 N–H and O–H groups in total. The minimum Gasteiger partial charge on any atom is -0.530 e. The smallest absolute Gasteiger partial charge is 0.530 e. The quantitative estimate of drug-likeness (QED) is 0.165. The molecule has 1 aliphatic rings. The van der Waals surface area contributed by atoms with Gasteiger partial charge in [-0.15, -0.1) is 0 Å². The number of benzene rings is 4. The van der Waals surface area contributed by atoms with Crippen LogP contribution >= 0.6 is 0 Å². The fourth-order valence-corrected chi connectivity index (χ4v) is 4.22. The molecule has 0 fully saturated rings. The van der Waals surface area contributed by atoms with Crippen molar-refractivity contribution in [2.75, 3.05) is 0 Å². The van der Waals surface area contributed by atoms with Crippen LogP contribution < -0.4 is 10.1 Å². The molecule has 11 heteroatoms. The van der Waals surface area contributed by atoms with Gasteiger partial charge in [0.15, 0.2) is 34.9 Å². The summed E-state index contributed by atoms with van der Waals surface area (Å²) < 4.78 is 119. The molecule has 0 aromatic heterocycles. The Hall–Kier alpha value is -3.60. The molecule has 0 saturated heterocycles. The molecule has 34 heavy (non-hydrogen) atoms. The fourth-order valence-electron chi connectivity index (χ4n) is 4.22. The Kier molecular flexibility index (Phi) is 5.05. The van der Waals surface area contributed by atoms with E-state index in [9.17, 15) is 40.1 Å². The van der Waals surface area contributed by atoms with E-state index in [1.54, 1.807) is 0 Å². The lowest BCUT2D eigenvalue weighted by atomic mass is 9.76. The van der Waals surface area contributed by atoms with Gasteiger partial charge in [-0.1, -0.05) is 30.3 Å². The zero-order valence-electron chi connectivity index (χ0n) is 16.6. The average Bonchev–Trinajstić information content (AvgIpc) is 3.23. The Labute approximate surface area is 186 Å².